The summed E-state index contributed by atoms with van der Waals surface area (Å²) in [7, 11) is 0. The van der Waals surface area contributed by atoms with Gasteiger partial charge in [0.05, 0.1) is 5.69 Å². The second-order valence-corrected chi connectivity index (χ2v) is 6.31. The van der Waals surface area contributed by atoms with Crippen LogP contribution in [-0.4, -0.2) is 33.0 Å². The van der Waals surface area contributed by atoms with Crippen molar-refractivity contribution in [1.82, 2.24) is 9.47 Å². The molecular weight excluding hydrogens is 296 g/mol. The van der Waals surface area contributed by atoms with Gasteiger partial charge in [-0.2, -0.15) is 0 Å². The second kappa shape index (κ2) is 3.76. The number of rotatable bonds is 1. The van der Waals surface area contributed by atoms with Crippen molar-refractivity contribution in [2.75, 3.05) is 6.54 Å². The Bertz CT molecular complexity index is 521. The number of nitrogens with zero attached hydrogens (tertiary/aromatic N) is 2. The zero-order chi connectivity index (χ0) is 12.3. The van der Waals surface area contributed by atoms with E-state index in [1.54, 1.807) is 0 Å². The summed E-state index contributed by atoms with van der Waals surface area (Å²) >= 11 is 3.48. The van der Waals surface area contributed by atoms with E-state index in [0.29, 0.717) is 6.04 Å². The van der Waals surface area contributed by atoms with Gasteiger partial charge in [-0.05, 0) is 35.2 Å². The van der Waals surface area contributed by atoms with Crippen molar-refractivity contribution in [3.05, 3.63) is 17.5 Å². The Morgan fingerprint density at radius 1 is 1.28 bits per heavy atom. The highest BCUT2D eigenvalue weighted by molar-refractivity contribution is 9.09. The van der Waals surface area contributed by atoms with E-state index in [0.717, 1.165) is 37.4 Å². The molecule has 1 saturated carbocycles. The van der Waals surface area contributed by atoms with E-state index in [1.807, 2.05) is 11.0 Å². The maximum Gasteiger partial charge on any atom is 0.270 e. The molecule has 4 rings (SSSR count). The molecule has 0 spiro atoms. The van der Waals surface area contributed by atoms with Gasteiger partial charge >= 0.3 is 0 Å². The molecule has 1 aromatic heterocycles. The summed E-state index contributed by atoms with van der Waals surface area (Å²) in [5.74, 6) is 1.08. The summed E-state index contributed by atoms with van der Waals surface area (Å²) in [6.07, 6.45) is 4.30. The van der Waals surface area contributed by atoms with Crippen molar-refractivity contribution < 1.29 is 9.53 Å². The molecule has 1 amide bonds. The Morgan fingerprint density at radius 3 is 2.89 bits per heavy atom. The molecule has 0 aromatic carbocycles. The van der Waals surface area contributed by atoms with E-state index in [9.17, 15) is 4.79 Å². The molecular formula is C13H15BrN2O2. The van der Waals surface area contributed by atoms with E-state index in [2.05, 4.69) is 20.5 Å². The van der Waals surface area contributed by atoms with Crippen molar-refractivity contribution in [1.29, 1.82) is 0 Å². The first-order chi connectivity index (χ1) is 8.74. The number of halogens is 1. The highest BCUT2D eigenvalue weighted by Crippen LogP contribution is 2.37. The molecule has 0 bridgehead atoms. The Kier molecular flexibility index (Phi) is 2.28. The molecule has 1 fully saturated rings. The summed E-state index contributed by atoms with van der Waals surface area (Å²) in [5.41, 5.74) is 2.02. The Hall–Kier alpha value is -0.970. The molecule has 0 radical (unpaired) electrons. The van der Waals surface area contributed by atoms with Crippen LogP contribution >= 0.6 is 15.9 Å². The largest absolute Gasteiger partial charge is 0.477 e. The van der Waals surface area contributed by atoms with Crippen LogP contribution in [0, 0.1) is 0 Å². The average Bonchev–Trinajstić information content (AvgIpc) is 3.11. The highest BCUT2D eigenvalue weighted by Gasteiger charge is 2.38. The summed E-state index contributed by atoms with van der Waals surface area (Å²) < 4.78 is 7.93. The van der Waals surface area contributed by atoms with Crippen LogP contribution in [0.2, 0.25) is 0 Å². The second-order valence-electron chi connectivity index (χ2n) is 5.29. The molecule has 0 N–H and O–H groups in total. The lowest BCUT2D eigenvalue weighted by Crippen LogP contribution is -2.41. The smallest absolute Gasteiger partial charge is 0.270 e. The number of carbonyl (C=O) groups excluding carboxylic acids is 1. The molecule has 1 atom stereocenters. The van der Waals surface area contributed by atoms with Crippen LogP contribution in [-0.2, 0) is 13.0 Å². The number of alkyl halides is 1. The van der Waals surface area contributed by atoms with Gasteiger partial charge in [0.25, 0.3) is 5.91 Å². The first-order valence-corrected chi connectivity index (χ1v) is 7.49. The monoisotopic (exact) mass is 310 g/mol. The van der Waals surface area contributed by atoms with Gasteiger partial charge in [-0.3, -0.25) is 4.79 Å². The Balaban J connectivity index is 1.73. The minimum atomic E-state index is 0.0871. The van der Waals surface area contributed by atoms with Gasteiger partial charge in [-0.25, -0.2) is 0 Å². The molecule has 1 aliphatic carbocycles. The molecule has 18 heavy (non-hydrogen) atoms. The van der Waals surface area contributed by atoms with Gasteiger partial charge in [-0.1, -0.05) is 0 Å². The average molecular weight is 311 g/mol. The van der Waals surface area contributed by atoms with Crippen LogP contribution in [0.5, 0.6) is 5.75 Å². The summed E-state index contributed by atoms with van der Waals surface area (Å²) in [4.78, 5) is 14.5. The van der Waals surface area contributed by atoms with Crippen LogP contribution in [0.1, 0.15) is 35.4 Å². The molecule has 2 aliphatic heterocycles. The first kappa shape index (κ1) is 10.9. The van der Waals surface area contributed by atoms with Crippen LogP contribution < -0.4 is 4.74 Å². The maximum atomic E-state index is 12.4. The number of aromatic nitrogens is 1. The minimum absolute atomic E-state index is 0.0871. The van der Waals surface area contributed by atoms with Crippen molar-refractivity contribution in [3.63, 3.8) is 0 Å². The molecule has 5 heteroatoms. The van der Waals surface area contributed by atoms with Crippen LogP contribution in [0.25, 0.3) is 0 Å². The lowest BCUT2D eigenvalue weighted by Gasteiger charge is -2.29. The van der Waals surface area contributed by atoms with E-state index in [4.69, 9.17) is 4.74 Å². The normalized spacial score (nSPS) is 26.6. The molecule has 1 aromatic rings. The van der Waals surface area contributed by atoms with E-state index in [1.165, 1.54) is 18.5 Å². The number of fused-ring (bicyclic) bond motifs is 3. The van der Waals surface area contributed by atoms with Crippen molar-refractivity contribution in [2.45, 2.75) is 43.3 Å². The molecule has 3 aliphatic rings. The SMILES string of the molecule is O=C1c2cc3c(n2CCN1C1CC1)CCC(Br)O3. The third-order valence-corrected chi connectivity index (χ3v) is 4.71. The van der Waals surface area contributed by atoms with Gasteiger partial charge in [0.1, 0.15) is 11.4 Å². The zero-order valence-electron chi connectivity index (χ0n) is 10.1. The van der Waals surface area contributed by atoms with Gasteiger partial charge in [0.15, 0.2) is 5.01 Å². The third-order valence-electron chi connectivity index (χ3n) is 4.06. The highest BCUT2D eigenvalue weighted by atomic mass is 79.9. The Morgan fingerprint density at radius 2 is 2.11 bits per heavy atom. The maximum absolute atomic E-state index is 12.4. The number of hydrogen-bond donors (Lipinski definition) is 0. The van der Waals surface area contributed by atoms with E-state index in [-0.39, 0.29) is 10.9 Å². The fourth-order valence-electron chi connectivity index (χ4n) is 2.99. The van der Waals surface area contributed by atoms with Crippen molar-refractivity contribution >= 4 is 21.8 Å². The van der Waals surface area contributed by atoms with E-state index < -0.39 is 0 Å². The topological polar surface area (TPSA) is 34.5 Å². The fourth-order valence-corrected chi connectivity index (χ4v) is 3.42. The number of ether oxygens (including phenoxy) is 1. The standard InChI is InChI=1S/C13H15BrN2O2/c14-12-4-3-9-11(18-12)7-10-13(17)15(8-1-2-8)5-6-16(9)10/h7-8,12H,1-6H2. The molecule has 1 unspecified atom stereocenters. The molecule has 3 heterocycles. The summed E-state index contributed by atoms with van der Waals surface area (Å²) in [6.45, 7) is 1.78. The van der Waals surface area contributed by atoms with Gasteiger partial charge in [-0.15, -0.1) is 0 Å². The predicted octanol–water partition coefficient (Wildman–Crippen LogP) is 2.15. The number of carbonyl (C=O) groups is 1. The summed E-state index contributed by atoms with van der Waals surface area (Å²) in [6, 6.07) is 2.43. The van der Waals surface area contributed by atoms with Crippen LogP contribution in [0.4, 0.5) is 0 Å². The van der Waals surface area contributed by atoms with E-state index >= 15 is 0 Å². The molecule has 0 saturated heterocycles. The van der Waals surface area contributed by atoms with Crippen LogP contribution in [0.15, 0.2) is 6.07 Å². The summed E-state index contributed by atoms with van der Waals surface area (Å²) in [5, 5.41) is 0.0871. The Labute approximate surface area is 114 Å². The van der Waals surface area contributed by atoms with Crippen LogP contribution in [0.3, 0.4) is 0 Å². The minimum Gasteiger partial charge on any atom is -0.477 e. The van der Waals surface area contributed by atoms with Gasteiger partial charge in [0, 0.05) is 31.6 Å². The van der Waals surface area contributed by atoms with Crippen molar-refractivity contribution in [3.8, 4) is 5.75 Å². The molecule has 96 valence electrons. The van der Waals surface area contributed by atoms with Crippen molar-refractivity contribution in [2.24, 2.45) is 0 Å². The van der Waals surface area contributed by atoms with Gasteiger partial charge in [0.2, 0.25) is 0 Å². The predicted molar refractivity (Wildman–Crippen MR) is 70.2 cm³/mol. The number of hydrogen-bond acceptors (Lipinski definition) is 2. The quantitative estimate of drug-likeness (QED) is 0.745. The number of amides is 1. The third kappa shape index (κ3) is 1.53. The lowest BCUT2D eigenvalue weighted by molar-refractivity contribution is 0.0689. The molecule has 4 nitrogen and oxygen atoms in total. The zero-order valence-corrected chi connectivity index (χ0v) is 11.6. The first-order valence-electron chi connectivity index (χ1n) is 6.58. The fraction of sp³-hybridized carbons (Fsp3) is 0.615. The van der Waals surface area contributed by atoms with Gasteiger partial charge < -0.3 is 14.2 Å². The lowest BCUT2D eigenvalue weighted by atomic mass is 10.2.